The van der Waals surface area contributed by atoms with Crippen LogP contribution in [0.5, 0.6) is 0 Å². The van der Waals surface area contributed by atoms with Crippen LogP contribution in [0.25, 0.3) is 0 Å². The fourth-order valence-electron chi connectivity index (χ4n) is 0. The maximum Gasteiger partial charge on any atom is 0 e. The molecular weight excluding hydrogens is 123 g/mol. The standard InChI is InChI=1S/2K.H3N.H3P/h;;2*1H3. The van der Waals surface area contributed by atoms with Crippen molar-refractivity contribution in [1.82, 2.24) is 6.15 Å². The smallest absolute Gasteiger partial charge is 0 e. The van der Waals surface area contributed by atoms with Crippen LogP contribution < -0.4 is 6.15 Å². The molecule has 3 N–H and O–H groups in total. The summed E-state index contributed by atoms with van der Waals surface area (Å²) in [6, 6.07) is 0. The molecule has 0 aromatic rings. The zero-order valence-corrected chi connectivity index (χ0v) is 11.1. The predicted octanol–water partition coefficient (Wildman–Crippen LogP) is -0.542. The second-order valence-corrected chi connectivity index (χ2v) is 0. The molecule has 0 amide bonds. The van der Waals surface area contributed by atoms with Crippen molar-refractivity contribution in [3.63, 3.8) is 0 Å². The molecule has 0 aliphatic rings. The fourth-order valence-corrected chi connectivity index (χ4v) is 0. The largest absolute Gasteiger partial charge is 0.344 e. The van der Waals surface area contributed by atoms with Gasteiger partial charge in [0.2, 0.25) is 0 Å². The van der Waals surface area contributed by atoms with Crippen molar-refractivity contribution in [2.45, 2.75) is 0 Å². The summed E-state index contributed by atoms with van der Waals surface area (Å²) >= 11 is 0. The van der Waals surface area contributed by atoms with Crippen molar-refractivity contribution in [2.75, 3.05) is 0 Å². The Morgan fingerprint density at radius 3 is 0.750 bits per heavy atom. The molecule has 0 aliphatic carbocycles. The van der Waals surface area contributed by atoms with Crippen molar-refractivity contribution < 1.29 is 0 Å². The third kappa shape index (κ3) is 9.18. The molecule has 0 saturated carbocycles. The number of rotatable bonds is 0. The van der Waals surface area contributed by atoms with Gasteiger partial charge in [0.15, 0.2) is 0 Å². The van der Waals surface area contributed by atoms with Crippen LogP contribution in [0.4, 0.5) is 0 Å². The van der Waals surface area contributed by atoms with Gasteiger partial charge in [0, 0.05) is 103 Å². The average molecular weight is 129 g/mol. The van der Waals surface area contributed by atoms with Gasteiger partial charge in [-0.2, -0.15) is 9.90 Å². The molecule has 1 atom stereocenters. The third-order valence-electron chi connectivity index (χ3n) is 0. The molecule has 4 heteroatoms. The van der Waals surface area contributed by atoms with Crippen LogP contribution in [0.15, 0.2) is 0 Å². The molecule has 0 aromatic carbocycles. The first-order valence-electron chi connectivity index (χ1n) is 0. The summed E-state index contributed by atoms with van der Waals surface area (Å²) in [7, 11) is 0. The predicted molar refractivity (Wildman–Crippen MR) is 27.6 cm³/mol. The van der Waals surface area contributed by atoms with Crippen LogP contribution in [0.3, 0.4) is 0 Å². The van der Waals surface area contributed by atoms with Crippen LogP contribution in [0.1, 0.15) is 0 Å². The first-order valence-corrected chi connectivity index (χ1v) is 0. The van der Waals surface area contributed by atoms with E-state index in [-0.39, 0.29) is 119 Å². The summed E-state index contributed by atoms with van der Waals surface area (Å²) in [6.07, 6.45) is 0. The Morgan fingerprint density at radius 2 is 0.750 bits per heavy atom. The molecule has 0 spiro atoms. The molecule has 1 nitrogen and oxygen atoms in total. The van der Waals surface area contributed by atoms with E-state index in [0.717, 1.165) is 0 Å². The molecule has 18 valence electrons. The Bertz CT molecular complexity index is 6.00. The van der Waals surface area contributed by atoms with Crippen molar-refractivity contribution in [3.8, 4) is 0 Å². The Labute approximate surface area is 115 Å². The van der Waals surface area contributed by atoms with E-state index in [1.54, 1.807) is 0 Å². The van der Waals surface area contributed by atoms with Gasteiger partial charge in [-0.3, -0.25) is 0 Å². The molecule has 0 heterocycles. The first kappa shape index (κ1) is 25.4. The van der Waals surface area contributed by atoms with Gasteiger partial charge in [-0.05, 0) is 0 Å². The maximum atomic E-state index is 0. The first-order chi connectivity index (χ1) is 0. The molecular formula is H6K2NP. The van der Waals surface area contributed by atoms with E-state index in [1.165, 1.54) is 0 Å². The Hall–Kier alpha value is 3.66. The molecule has 0 aliphatic heterocycles. The minimum atomic E-state index is 0. The Kier molecular flexibility index (Phi) is 101. The zero-order chi connectivity index (χ0) is 0. The molecule has 0 rings (SSSR count). The van der Waals surface area contributed by atoms with Gasteiger partial charge in [0.1, 0.15) is 0 Å². The van der Waals surface area contributed by atoms with E-state index in [9.17, 15) is 0 Å². The van der Waals surface area contributed by atoms with E-state index >= 15 is 0 Å². The van der Waals surface area contributed by atoms with Crippen molar-refractivity contribution in [3.05, 3.63) is 0 Å². The van der Waals surface area contributed by atoms with Crippen LogP contribution in [-0.2, 0) is 0 Å². The topological polar surface area (TPSA) is 35.0 Å². The SMILES string of the molecule is N.P.[K].[K]. The Morgan fingerprint density at radius 1 is 0.750 bits per heavy atom. The summed E-state index contributed by atoms with van der Waals surface area (Å²) in [5.41, 5.74) is 0. The number of hydrogen-bond donors (Lipinski definition) is 1. The molecule has 0 saturated heterocycles. The van der Waals surface area contributed by atoms with Crippen molar-refractivity contribution in [2.24, 2.45) is 0 Å². The summed E-state index contributed by atoms with van der Waals surface area (Å²) in [5, 5.41) is 0. The summed E-state index contributed by atoms with van der Waals surface area (Å²) in [5.74, 6) is 0. The van der Waals surface area contributed by atoms with Gasteiger partial charge >= 0.3 is 0 Å². The normalized spacial score (nSPS) is 0. The van der Waals surface area contributed by atoms with Gasteiger partial charge in [0.25, 0.3) is 0 Å². The van der Waals surface area contributed by atoms with Gasteiger partial charge in [-0.1, -0.05) is 0 Å². The third-order valence-corrected chi connectivity index (χ3v) is 0. The fraction of sp³-hybridized carbons (Fsp3) is 0. The summed E-state index contributed by atoms with van der Waals surface area (Å²) < 4.78 is 0. The minimum absolute atomic E-state index is 0. The van der Waals surface area contributed by atoms with Crippen LogP contribution in [0.2, 0.25) is 0 Å². The van der Waals surface area contributed by atoms with E-state index < -0.39 is 0 Å². The monoisotopic (exact) mass is 129 g/mol. The van der Waals surface area contributed by atoms with Crippen LogP contribution in [-0.4, -0.2) is 103 Å². The molecule has 0 aromatic heterocycles. The maximum absolute atomic E-state index is 0. The Balaban J connectivity index is 0. The van der Waals surface area contributed by atoms with Crippen LogP contribution in [0, 0.1) is 0 Å². The second kappa shape index (κ2) is 15.9. The van der Waals surface area contributed by atoms with Gasteiger partial charge in [-0.25, -0.2) is 0 Å². The quantitative estimate of drug-likeness (QED) is 0.346. The zero-order valence-electron chi connectivity index (χ0n) is 3.41. The molecule has 0 bridgehead atoms. The van der Waals surface area contributed by atoms with E-state index in [4.69, 9.17) is 0 Å². The van der Waals surface area contributed by atoms with Crippen molar-refractivity contribution in [1.29, 1.82) is 0 Å². The molecule has 2 radical (unpaired) electrons. The number of hydrogen-bond acceptors (Lipinski definition) is 1. The second-order valence-electron chi connectivity index (χ2n) is 0. The van der Waals surface area contributed by atoms with Crippen LogP contribution >= 0.6 is 9.90 Å². The van der Waals surface area contributed by atoms with Crippen molar-refractivity contribution >= 4 is 113 Å². The molecule has 0 fully saturated rings. The molecule has 1 unspecified atom stereocenters. The summed E-state index contributed by atoms with van der Waals surface area (Å²) in [4.78, 5) is 0. The van der Waals surface area contributed by atoms with E-state index in [0.29, 0.717) is 0 Å². The van der Waals surface area contributed by atoms with E-state index in [2.05, 4.69) is 0 Å². The summed E-state index contributed by atoms with van der Waals surface area (Å²) in [6.45, 7) is 0. The van der Waals surface area contributed by atoms with Gasteiger partial charge < -0.3 is 6.15 Å². The van der Waals surface area contributed by atoms with Gasteiger partial charge in [0.05, 0.1) is 0 Å². The van der Waals surface area contributed by atoms with Gasteiger partial charge in [-0.15, -0.1) is 0 Å². The molecule has 4 heavy (non-hydrogen) atoms. The van der Waals surface area contributed by atoms with E-state index in [1.807, 2.05) is 0 Å². The minimum Gasteiger partial charge on any atom is -0.344 e. The average Bonchev–Trinajstić information content (AvgIpc) is 0.